The number of amides is 1. The third-order valence-electron chi connectivity index (χ3n) is 4.44. The Labute approximate surface area is 164 Å². The molecule has 3 rings (SSSR count). The first-order valence-electron chi connectivity index (χ1n) is 9.11. The van der Waals surface area contributed by atoms with Gasteiger partial charge in [0, 0.05) is 23.8 Å². The molecule has 0 saturated carbocycles. The van der Waals surface area contributed by atoms with Gasteiger partial charge in [-0.25, -0.2) is 4.68 Å². The molecule has 0 atom stereocenters. The second kappa shape index (κ2) is 8.39. The molecule has 27 heavy (non-hydrogen) atoms. The Bertz CT molecular complexity index is 944. The maximum atomic E-state index is 12.6. The zero-order chi connectivity index (χ0) is 19.4. The summed E-state index contributed by atoms with van der Waals surface area (Å²) < 4.78 is 3.74. The quantitative estimate of drug-likeness (QED) is 0.630. The van der Waals surface area contributed by atoms with Gasteiger partial charge in [-0.2, -0.15) is 10.2 Å². The molecule has 3 aromatic rings. The van der Waals surface area contributed by atoms with E-state index in [4.69, 9.17) is 11.6 Å². The molecular weight excluding hydrogens is 362 g/mol. The summed E-state index contributed by atoms with van der Waals surface area (Å²) in [5.41, 5.74) is 4.47. The molecule has 1 amide bonds. The fourth-order valence-corrected chi connectivity index (χ4v) is 3.35. The van der Waals surface area contributed by atoms with E-state index in [9.17, 15) is 4.79 Å². The summed E-state index contributed by atoms with van der Waals surface area (Å²) in [6.45, 7) is 7.40. The lowest BCUT2D eigenvalue weighted by Gasteiger charge is -2.09. The van der Waals surface area contributed by atoms with E-state index in [0.717, 1.165) is 35.7 Å². The van der Waals surface area contributed by atoms with Crippen molar-refractivity contribution in [2.24, 2.45) is 0 Å². The highest BCUT2D eigenvalue weighted by Crippen LogP contribution is 2.19. The van der Waals surface area contributed by atoms with Gasteiger partial charge in [-0.05, 0) is 51.0 Å². The molecule has 1 N–H and O–H groups in total. The van der Waals surface area contributed by atoms with Gasteiger partial charge >= 0.3 is 0 Å². The van der Waals surface area contributed by atoms with E-state index in [1.54, 1.807) is 10.9 Å². The van der Waals surface area contributed by atoms with Crippen LogP contribution in [0.5, 0.6) is 0 Å². The van der Waals surface area contributed by atoms with Crippen molar-refractivity contribution in [1.82, 2.24) is 24.9 Å². The van der Waals surface area contributed by atoms with E-state index < -0.39 is 0 Å². The zero-order valence-corrected chi connectivity index (χ0v) is 16.6. The van der Waals surface area contributed by atoms with Gasteiger partial charge in [-0.1, -0.05) is 24.6 Å². The van der Waals surface area contributed by atoms with Crippen LogP contribution in [0.2, 0.25) is 5.02 Å². The largest absolute Gasteiger partial charge is 0.352 e. The van der Waals surface area contributed by atoms with Gasteiger partial charge in [-0.15, -0.1) is 0 Å². The van der Waals surface area contributed by atoms with Crippen molar-refractivity contribution in [1.29, 1.82) is 0 Å². The molecule has 0 saturated heterocycles. The Balaban J connectivity index is 1.64. The van der Waals surface area contributed by atoms with Gasteiger partial charge in [0.25, 0.3) is 5.91 Å². The fourth-order valence-electron chi connectivity index (χ4n) is 3.16. The average Bonchev–Trinajstić information content (AvgIpc) is 3.21. The number of nitrogens with one attached hydrogen (secondary N) is 1. The Morgan fingerprint density at radius 1 is 1.26 bits per heavy atom. The molecule has 6 nitrogen and oxygen atoms in total. The molecule has 2 heterocycles. The summed E-state index contributed by atoms with van der Waals surface area (Å²) in [4.78, 5) is 12.6. The number of nitrogens with zero attached hydrogens (tertiary/aromatic N) is 4. The van der Waals surface area contributed by atoms with Crippen LogP contribution in [0.4, 0.5) is 0 Å². The van der Waals surface area contributed by atoms with Gasteiger partial charge in [0.15, 0.2) is 0 Å². The highest BCUT2D eigenvalue weighted by Gasteiger charge is 2.17. The van der Waals surface area contributed by atoms with Crippen molar-refractivity contribution >= 4 is 17.5 Å². The number of carbonyl (C=O) groups excluding carboxylic acids is 1. The topological polar surface area (TPSA) is 64.7 Å². The highest BCUT2D eigenvalue weighted by atomic mass is 35.5. The van der Waals surface area contributed by atoms with Gasteiger partial charge in [-0.3, -0.25) is 9.48 Å². The number of benzene rings is 1. The molecule has 7 heteroatoms. The molecule has 0 aliphatic carbocycles. The van der Waals surface area contributed by atoms with Crippen LogP contribution in [0.3, 0.4) is 0 Å². The first kappa shape index (κ1) is 19.2. The number of halogens is 1. The standard InChI is InChI=1S/C20H24ClN5O/c1-4-19-18(13-23-26(19)17-8-5-7-16(21)12-17)20(27)22-9-6-10-25-15(3)11-14(2)24-25/h5,7-8,11-13H,4,6,9-10H2,1-3H3,(H,22,27). The molecule has 0 fully saturated rings. The monoisotopic (exact) mass is 385 g/mol. The number of rotatable bonds is 7. The van der Waals surface area contributed by atoms with Crippen molar-refractivity contribution in [2.75, 3.05) is 6.54 Å². The van der Waals surface area contributed by atoms with Crippen LogP contribution in [0.1, 0.15) is 40.8 Å². The third-order valence-corrected chi connectivity index (χ3v) is 4.67. The van der Waals surface area contributed by atoms with Crippen LogP contribution >= 0.6 is 11.6 Å². The van der Waals surface area contributed by atoms with E-state index in [1.807, 2.05) is 49.7 Å². The Hall–Kier alpha value is -2.60. The van der Waals surface area contributed by atoms with E-state index in [1.165, 1.54) is 0 Å². The van der Waals surface area contributed by atoms with Gasteiger partial charge in [0.1, 0.15) is 0 Å². The molecule has 1 aromatic carbocycles. The maximum absolute atomic E-state index is 12.6. The molecule has 0 aliphatic rings. The first-order valence-corrected chi connectivity index (χ1v) is 9.49. The third kappa shape index (κ3) is 4.39. The summed E-state index contributed by atoms with van der Waals surface area (Å²) in [6.07, 6.45) is 3.13. The molecule has 0 radical (unpaired) electrons. The predicted octanol–water partition coefficient (Wildman–Crippen LogP) is 3.72. The SMILES string of the molecule is CCc1c(C(=O)NCCCn2nc(C)cc2C)cnn1-c1cccc(Cl)c1. The van der Waals surface area contributed by atoms with Crippen molar-refractivity contribution < 1.29 is 4.79 Å². The van der Waals surface area contributed by atoms with Crippen molar-refractivity contribution in [3.63, 3.8) is 0 Å². The molecule has 0 spiro atoms. The van der Waals surface area contributed by atoms with E-state index >= 15 is 0 Å². The minimum atomic E-state index is -0.103. The zero-order valence-electron chi connectivity index (χ0n) is 15.9. The summed E-state index contributed by atoms with van der Waals surface area (Å²) in [6, 6.07) is 9.50. The Morgan fingerprint density at radius 2 is 2.07 bits per heavy atom. The molecule has 0 bridgehead atoms. The Morgan fingerprint density at radius 3 is 2.74 bits per heavy atom. The van der Waals surface area contributed by atoms with Crippen LogP contribution in [0.25, 0.3) is 5.69 Å². The van der Waals surface area contributed by atoms with Gasteiger partial charge in [0.05, 0.1) is 28.8 Å². The molecule has 2 aromatic heterocycles. The normalized spacial score (nSPS) is 11.0. The van der Waals surface area contributed by atoms with Crippen LogP contribution in [0.15, 0.2) is 36.5 Å². The second-order valence-corrected chi connectivity index (χ2v) is 6.95. The number of hydrogen-bond acceptors (Lipinski definition) is 3. The lowest BCUT2D eigenvalue weighted by molar-refractivity contribution is 0.0951. The summed E-state index contributed by atoms with van der Waals surface area (Å²) in [7, 11) is 0. The van der Waals surface area contributed by atoms with Crippen LogP contribution in [0, 0.1) is 13.8 Å². The number of carbonyl (C=O) groups is 1. The Kier molecular flexibility index (Phi) is 5.96. The van der Waals surface area contributed by atoms with Crippen molar-refractivity contribution in [3.8, 4) is 5.69 Å². The van der Waals surface area contributed by atoms with Crippen molar-refractivity contribution in [3.05, 3.63) is 64.2 Å². The molecule has 0 aliphatic heterocycles. The highest BCUT2D eigenvalue weighted by molar-refractivity contribution is 6.30. The average molecular weight is 386 g/mol. The first-order chi connectivity index (χ1) is 13.0. The van der Waals surface area contributed by atoms with Gasteiger partial charge in [0.2, 0.25) is 0 Å². The predicted molar refractivity (Wildman–Crippen MR) is 107 cm³/mol. The minimum absolute atomic E-state index is 0.103. The number of aromatic nitrogens is 4. The lowest BCUT2D eigenvalue weighted by atomic mass is 10.2. The summed E-state index contributed by atoms with van der Waals surface area (Å²) in [5.74, 6) is -0.103. The maximum Gasteiger partial charge on any atom is 0.254 e. The number of aryl methyl sites for hydroxylation is 3. The van der Waals surface area contributed by atoms with Crippen LogP contribution in [-0.4, -0.2) is 32.0 Å². The number of hydrogen-bond donors (Lipinski definition) is 1. The summed E-state index contributed by atoms with van der Waals surface area (Å²) >= 11 is 6.08. The minimum Gasteiger partial charge on any atom is -0.352 e. The van der Waals surface area contributed by atoms with E-state index in [0.29, 0.717) is 23.6 Å². The smallest absolute Gasteiger partial charge is 0.254 e. The van der Waals surface area contributed by atoms with Crippen LogP contribution < -0.4 is 5.32 Å². The molecule has 0 unspecified atom stereocenters. The van der Waals surface area contributed by atoms with Crippen LogP contribution in [-0.2, 0) is 13.0 Å². The van der Waals surface area contributed by atoms with Crippen molar-refractivity contribution in [2.45, 2.75) is 40.2 Å². The van der Waals surface area contributed by atoms with E-state index in [-0.39, 0.29) is 5.91 Å². The molecule has 142 valence electrons. The van der Waals surface area contributed by atoms with Gasteiger partial charge < -0.3 is 5.32 Å². The molecular formula is C20H24ClN5O. The summed E-state index contributed by atoms with van der Waals surface area (Å²) in [5, 5.41) is 12.5. The van der Waals surface area contributed by atoms with E-state index in [2.05, 4.69) is 21.6 Å². The second-order valence-electron chi connectivity index (χ2n) is 6.51. The fraction of sp³-hybridized carbons (Fsp3) is 0.350. The lowest BCUT2D eigenvalue weighted by Crippen LogP contribution is -2.26.